The molecule has 4 rings (SSSR count). The van der Waals surface area contributed by atoms with E-state index in [1.807, 2.05) is 36.4 Å². The first-order valence-corrected chi connectivity index (χ1v) is 11.0. The largest absolute Gasteiger partial charge is 0.497 e. The van der Waals surface area contributed by atoms with E-state index in [2.05, 4.69) is 12.1 Å². The summed E-state index contributed by atoms with van der Waals surface area (Å²) in [5.74, 6) is 3.18. The fourth-order valence-corrected chi connectivity index (χ4v) is 4.57. The summed E-state index contributed by atoms with van der Waals surface area (Å²) >= 11 is 0. The molecule has 0 spiro atoms. The van der Waals surface area contributed by atoms with E-state index in [1.165, 1.54) is 0 Å². The molecule has 2 aliphatic rings. The summed E-state index contributed by atoms with van der Waals surface area (Å²) in [4.78, 5) is 0. The Bertz CT molecular complexity index is 1240. The summed E-state index contributed by atoms with van der Waals surface area (Å²) in [6.07, 6.45) is 4.57. The molecule has 2 aromatic rings. The molecule has 0 bridgehead atoms. The summed E-state index contributed by atoms with van der Waals surface area (Å²) in [6.45, 7) is 0. The Labute approximate surface area is 199 Å². The Balaban J connectivity index is 1.86. The molecular formula is C27H28N2O5. The number of nitrogens with two attached hydrogens (primary N) is 1. The molecular weight excluding hydrogens is 432 g/mol. The van der Waals surface area contributed by atoms with Crippen molar-refractivity contribution >= 4 is 6.08 Å². The van der Waals surface area contributed by atoms with Gasteiger partial charge in [0, 0.05) is 23.3 Å². The van der Waals surface area contributed by atoms with Crippen molar-refractivity contribution in [3.05, 3.63) is 75.9 Å². The van der Waals surface area contributed by atoms with Crippen LogP contribution in [0.3, 0.4) is 0 Å². The normalized spacial score (nSPS) is 18.7. The first kappa shape index (κ1) is 23.1. The number of rotatable bonds is 6. The molecule has 7 heteroatoms. The molecule has 0 fully saturated rings. The van der Waals surface area contributed by atoms with Gasteiger partial charge in [0.1, 0.15) is 40.4 Å². The van der Waals surface area contributed by atoms with Crippen molar-refractivity contribution in [3.8, 4) is 29.1 Å². The maximum atomic E-state index is 9.97. The third-order valence-electron chi connectivity index (χ3n) is 6.23. The fraction of sp³-hybridized carbons (Fsp3) is 0.296. The van der Waals surface area contributed by atoms with Gasteiger partial charge in [0.15, 0.2) is 0 Å². The first-order chi connectivity index (χ1) is 16.5. The number of allylic oxidation sites excluding steroid dienone is 3. The Kier molecular flexibility index (Phi) is 6.69. The second kappa shape index (κ2) is 9.84. The Morgan fingerprint density at radius 1 is 0.941 bits per heavy atom. The molecule has 0 aromatic heterocycles. The highest BCUT2D eigenvalue weighted by atomic mass is 16.5. The van der Waals surface area contributed by atoms with Crippen LogP contribution < -0.4 is 24.7 Å². The van der Waals surface area contributed by atoms with Gasteiger partial charge in [-0.2, -0.15) is 5.26 Å². The molecule has 2 N–H and O–H groups in total. The van der Waals surface area contributed by atoms with Gasteiger partial charge < -0.3 is 29.4 Å². The molecule has 0 saturated carbocycles. The van der Waals surface area contributed by atoms with Crippen LogP contribution in [-0.2, 0) is 4.74 Å². The molecule has 0 unspecified atom stereocenters. The number of benzene rings is 2. The SMILES string of the molecule is COc1ccc(/C=C2\CCCC3=C2OC(N)=C(C#N)[C@@H]3c2ccc(OC)cc2OC)c(OC)c1. The van der Waals surface area contributed by atoms with Crippen LogP contribution in [0.25, 0.3) is 6.08 Å². The van der Waals surface area contributed by atoms with Crippen molar-refractivity contribution in [2.24, 2.45) is 5.73 Å². The maximum absolute atomic E-state index is 9.97. The van der Waals surface area contributed by atoms with Gasteiger partial charge >= 0.3 is 0 Å². The lowest BCUT2D eigenvalue weighted by molar-refractivity contribution is 0.276. The summed E-state index contributed by atoms with van der Waals surface area (Å²) in [6, 6.07) is 13.6. The zero-order valence-corrected chi connectivity index (χ0v) is 19.8. The van der Waals surface area contributed by atoms with Gasteiger partial charge in [0.25, 0.3) is 0 Å². The molecule has 0 radical (unpaired) electrons. The molecule has 0 amide bonds. The van der Waals surface area contributed by atoms with E-state index in [4.69, 9.17) is 29.4 Å². The fourth-order valence-electron chi connectivity index (χ4n) is 4.57. The van der Waals surface area contributed by atoms with Gasteiger partial charge in [-0.3, -0.25) is 0 Å². The molecule has 7 nitrogen and oxygen atoms in total. The summed E-state index contributed by atoms with van der Waals surface area (Å²) in [5, 5.41) is 9.97. The standard InChI is InChI=1S/C27H28N2O5/c1-30-18-9-8-16(23(13-18)32-3)12-17-6-5-7-21-25(22(15-28)27(29)34-26(17)21)20-11-10-19(31-2)14-24(20)33-4/h8-14,25H,5-7,29H2,1-4H3/b17-12+/t25-/m1/s1. The van der Waals surface area contributed by atoms with Gasteiger partial charge in [0.05, 0.1) is 34.4 Å². The van der Waals surface area contributed by atoms with Crippen LogP contribution in [0.4, 0.5) is 0 Å². The zero-order chi connectivity index (χ0) is 24.2. The summed E-state index contributed by atoms with van der Waals surface area (Å²) in [5.41, 5.74) is 10.4. The lowest BCUT2D eigenvalue weighted by atomic mass is 9.76. The van der Waals surface area contributed by atoms with Crippen molar-refractivity contribution in [3.63, 3.8) is 0 Å². The van der Waals surface area contributed by atoms with E-state index >= 15 is 0 Å². The van der Waals surface area contributed by atoms with Crippen molar-refractivity contribution in [1.82, 2.24) is 0 Å². The van der Waals surface area contributed by atoms with E-state index in [0.29, 0.717) is 34.3 Å². The predicted molar refractivity (Wildman–Crippen MR) is 129 cm³/mol. The average Bonchev–Trinajstić information content (AvgIpc) is 2.88. The Morgan fingerprint density at radius 3 is 2.26 bits per heavy atom. The van der Waals surface area contributed by atoms with Gasteiger partial charge in [-0.25, -0.2) is 0 Å². The minimum Gasteiger partial charge on any atom is -0.497 e. The maximum Gasteiger partial charge on any atom is 0.205 e. The van der Waals surface area contributed by atoms with Crippen molar-refractivity contribution in [2.45, 2.75) is 25.2 Å². The number of ether oxygens (including phenoxy) is 5. The van der Waals surface area contributed by atoms with E-state index < -0.39 is 0 Å². The smallest absolute Gasteiger partial charge is 0.205 e. The van der Waals surface area contributed by atoms with E-state index in [-0.39, 0.29) is 11.8 Å². The van der Waals surface area contributed by atoms with E-state index in [9.17, 15) is 5.26 Å². The van der Waals surface area contributed by atoms with Crippen LogP contribution in [-0.4, -0.2) is 28.4 Å². The number of hydrogen-bond donors (Lipinski definition) is 1. The summed E-state index contributed by atoms with van der Waals surface area (Å²) < 4.78 is 28.0. The van der Waals surface area contributed by atoms with Crippen LogP contribution in [0.5, 0.6) is 23.0 Å². The third-order valence-corrected chi connectivity index (χ3v) is 6.23. The zero-order valence-electron chi connectivity index (χ0n) is 19.8. The van der Waals surface area contributed by atoms with Gasteiger partial charge in [0.2, 0.25) is 5.88 Å². The molecule has 1 atom stereocenters. The number of nitriles is 1. The lowest BCUT2D eigenvalue weighted by Crippen LogP contribution is -2.24. The van der Waals surface area contributed by atoms with Crippen LogP contribution in [0.15, 0.2) is 64.8 Å². The minimum absolute atomic E-state index is 0.110. The quantitative estimate of drug-likeness (QED) is 0.644. The van der Waals surface area contributed by atoms with Crippen molar-refractivity contribution in [2.75, 3.05) is 28.4 Å². The molecule has 34 heavy (non-hydrogen) atoms. The second-order valence-electron chi connectivity index (χ2n) is 8.02. The first-order valence-electron chi connectivity index (χ1n) is 11.0. The molecule has 2 aromatic carbocycles. The van der Waals surface area contributed by atoms with E-state index in [0.717, 1.165) is 41.5 Å². The number of methoxy groups -OCH3 is 4. The molecule has 1 aliphatic heterocycles. The number of nitrogens with zero attached hydrogens (tertiary/aromatic N) is 1. The van der Waals surface area contributed by atoms with Crippen LogP contribution in [0.1, 0.15) is 36.3 Å². The van der Waals surface area contributed by atoms with Crippen LogP contribution in [0.2, 0.25) is 0 Å². The average molecular weight is 461 g/mol. The van der Waals surface area contributed by atoms with Crippen LogP contribution >= 0.6 is 0 Å². The highest BCUT2D eigenvalue weighted by Crippen LogP contribution is 2.49. The molecule has 0 saturated heterocycles. The highest BCUT2D eigenvalue weighted by molar-refractivity contribution is 5.67. The Hall–Kier alpha value is -4.05. The molecule has 1 heterocycles. The lowest BCUT2D eigenvalue weighted by Gasteiger charge is -2.33. The van der Waals surface area contributed by atoms with E-state index in [1.54, 1.807) is 28.4 Å². The second-order valence-corrected chi connectivity index (χ2v) is 8.02. The van der Waals surface area contributed by atoms with Crippen LogP contribution in [0, 0.1) is 11.3 Å². The highest BCUT2D eigenvalue weighted by Gasteiger charge is 2.37. The monoisotopic (exact) mass is 460 g/mol. The van der Waals surface area contributed by atoms with Gasteiger partial charge in [-0.05, 0) is 54.7 Å². The Morgan fingerprint density at radius 2 is 1.62 bits per heavy atom. The minimum atomic E-state index is -0.365. The molecule has 176 valence electrons. The third kappa shape index (κ3) is 4.15. The van der Waals surface area contributed by atoms with Gasteiger partial charge in [-0.15, -0.1) is 0 Å². The van der Waals surface area contributed by atoms with Crippen molar-refractivity contribution in [1.29, 1.82) is 5.26 Å². The van der Waals surface area contributed by atoms with Crippen molar-refractivity contribution < 1.29 is 23.7 Å². The topological polar surface area (TPSA) is 96.0 Å². The number of hydrogen-bond acceptors (Lipinski definition) is 7. The molecule has 1 aliphatic carbocycles. The van der Waals surface area contributed by atoms with Gasteiger partial charge in [-0.1, -0.05) is 6.07 Å². The predicted octanol–water partition coefficient (Wildman–Crippen LogP) is 5.05. The summed E-state index contributed by atoms with van der Waals surface area (Å²) in [7, 11) is 6.46.